The first-order valence-corrected chi connectivity index (χ1v) is 6.31. The number of carboxylic acids is 1. The smallest absolute Gasteiger partial charge is 0.339 e. The van der Waals surface area contributed by atoms with Crippen LogP contribution in [0.15, 0.2) is 6.20 Å². The van der Waals surface area contributed by atoms with Gasteiger partial charge in [-0.3, -0.25) is 4.68 Å². The normalized spacial score (nSPS) is 11.6. The number of carboxylic acid groups (broad SMARTS) is 1. The van der Waals surface area contributed by atoms with Crippen molar-refractivity contribution in [2.75, 3.05) is 12.0 Å². The van der Waals surface area contributed by atoms with Crippen molar-refractivity contribution in [2.45, 2.75) is 13.5 Å². The zero-order valence-corrected chi connectivity index (χ0v) is 9.28. The van der Waals surface area contributed by atoms with Gasteiger partial charge in [0.1, 0.15) is 15.4 Å². The summed E-state index contributed by atoms with van der Waals surface area (Å²) in [6, 6.07) is 0. The minimum Gasteiger partial charge on any atom is -0.478 e. The first-order valence-electron chi connectivity index (χ1n) is 4.24. The third-order valence-corrected chi connectivity index (χ3v) is 2.93. The van der Waals surface area contributed by atoms with Gasteiger partial charge >= 0.3 is 5.97 Å². The molecule has 1 aromatic heterocycles. The second-order valence-electron chi connectivity index (χ2n) is 3.30. The highest BCUT2D eigenvalue weighted by Gasteiger charge is 2.13. The minimum atomic E-state index is -3.06. The summed E-state index contributed by atoms with van der Waals surface area (Å²) in [5.41, 5.74) is 0.564. The second kappa shape index (κ2) is 4.01. The van der Waals surface area contributed by atoms with Crippen LogP contribution in [0.3, 0.4) is 0 Å². The van der Waals surface area contributed by atoms with E-state index in [2.05, 4.69) is 5.10 Å². The first-order chi connectivity index (χ1) is 6.81. The van der Waals surface area contributed by atoms with Gasteiger partial charge in [-0.2, -0.15) is 5.10 Å². The highest BCUT2D eigenvalue weighted by molar-refractivity contribution is 7.90. The zero-order valence-electron chi connectivity index (χ0n) is 8.47. The van der Waals surface area contributed by atoms with Gasteiger partial charge in [-0.25, -0.2) is 13.2 Å². The summed E-state index contributed by atoms with van der Waals surface area (Å²) in [6.07, 6.45) is 2.35. The Labute approximate surface area is 87.4 Å². The summed E-state index contributed by atoms with van der Waals surface area (Å²) in [7, 11) is -3.06. The SMILES string of the molecule is Cc1c(C(=O)O)cnn1CCS(C)(=O)=O. The molecule has 0 saturated heterocycles. The lowest BCUT2D eigenvalue weighted by Crippen LogP contribution is -2.13. The summed E-state index contributed by atoms with van der Waals surface area (Å²) < 4.78 is 23.2. The predicted molar refractivity (Wildman–Crippen MR) is 53.6 cm³/mol. The van der Waals surface area contributed by atoms with Crippen LogP contribution in [0, 0.1) is 6.92 Å². The van der Waals surface area contributed by atoms with E-state index >= 15 is 0 Å². The van der Waals surface area contributed by atoms with Crippen molar-refractivity contribution in [3.05, 3.63) is 17.5 Å². The van der Waals surface area contributed by atoms with Crippen LogP contribution in [0.2, 0.25) is 0 Å². The Bertz CT molecular complexity index is 475. The lowest BCUT2D eigenvalue weighted by atomic mass is 10.3. The molecule has 0 aliphatic carbocycles. The summed E-state index contributed by atoms with van der Waals surface area (Å²) in [5.74, 6) is -1.10. The van der Waals surface area contributed by atoms with Crippen molar-refractivity contribution >= 4 is 15.8 Å². The largest absolute Gasteiger partial charge is 0.478 e. The third kappa shape index (κ3) is 3.05. The molecule has 0 spiro atoms. The Kier molecular flexibility index (Phi) is 3.13. The fraction of sp³-hybridized carbons (Fsp3) is 0.500. The van der Waals surface area contributed by atoms with Crippen LogP contribution in [0.5, 0.6) is 0 Å². The maximum absolute atomic E-state index is 10.9. The van der Waals surface area contributed by atoms with Gasteiger partial charge < -0.3 is 5.11 Å². The van der Waals surface area contributed by atoms with Gasteiger partial charge in [0, 0.05) is 11.9 Å². The molecule has 0 aliphatic rings. The Hall–Kier alpha value is -1.37. The number of hydrogen-bond donors (Lipinski definition) is 1. The van der Waals surface area contributed by atoms with Gasteiger partial charge in [-0.1, -0.05) is 0 Å². The molecule has 7 heteroatoms. The van der Waals surface area contributed by atoms with Crippen molar-refractivity contribution < 1.29 is 18.3 Å². The van der Waals surface area contributed by atoms with Crippen molar-refractivity contribution in [1.29, 1.82) is 0 Å². The molecule has 0 aromatic carbocycles. The van der Waals surface area contributed by atoms with Gasteiger partial charge in [0.15, 0.2) is 0 Å². The van der Waals surface area contributed by atoms with E-state index in [9.17, 15) is 13.2 Å². The molecule has 1 N–H and O–H groups in total. The fourth-order valence-electron chi connectivity index (χ4n) is 1.13. The van der Waals surface area contributed by atoms with Crippen molar-refractivity contribution in [1.82, 2.24) is 9.78 Å². The average Bonchev–Trinajstić information content (AvgIpc) is 2.42. The summed E-state index contributed by atoms with van der Waals surface area (Å²) in [5, 5.41) is 12.5. The summed E-state index contributed by atoms with van der Waals surface area (Å²) >= 11 is 0. The zero-order chi connectivity index (χ0) is 11.6. The molecule has 0 atom stereocenters. The average molecular weight is 232 g/mol. The molecular formula is C8H12N2O4S. The summed E-state index contributed by atoms with van der Waals surface area (Å²) in [6.45, 7) is 1.77. The van der Waals surface area contributed by atoms with Crippen molar-refractivity contribution in [3.63, 3.8) is 0 Å². The lowest BCUT2D eigenvalue weighted by Gasteiger charge is -2.02. The molecule has 6 nitrogen and oxygen atoms in total. The number of nitrogens with zero attached hydrogens (tertiary/aromatic N) is 2. The molecule has 0 saturated carbocycles. The third-order valence-electron chi connectivity index (χ3n) is 2.01. The molecule has 0 unspecified atom stereocenters. The van der Waals surface area contributed by atoms with E-state index in [1.165, 1.54) is 10.9 Å². The fourth-order valence-corrected chi connectivity index (χ4v) is 1.64. The maximum atomic E-state index is 10.9. The van der Waals surface area contributed by atoms with Crippen LogP contribution in [-0.2, 0) is 16.4 Å². The van der Waals surface area contributed by atoms with Crippen LogP contribution >= 0.6 is 0 Å². The van der Waals surface area contributed by atoms with Crippen LogP contribution in [-0.4, -0.2) is 41.3 Å². The van der Waals surface area contributed by atoms with Gasteiger partial charge in [0.05, 0.1) is 18.5 Å². The molecular weight excluding hydrogens is 220 g/mol. The van der Waals surface area contributed by atoms with E-state index in [-0.39, 0.29) is 17.9 Å². The standard InChI is InChI=1S/C8H12N2O4S/c1-6-7(8(11)12)5-9-10(6)3-4-15(2,13)14/h5H,3-4H2,1-2H3,(H,11,12). The van der Waals surface area contributed by atoms with E-state index in [1.54, 1.807) is 6.92 Å². The van der Waals surface area contributed by atoms with E-state index in [1.807, 2.05) is 0 Å². The van der Waals surface area contributed by atoms with E-state index in [0.29, 0.717) is 5.69 Å². The summed E-state index contributed by atoms with van der Waals surface area (Å²) in [4.78, 5) is 10.7. The molecule has 15 heavy (non-hydrogen) atoms. The molecule has 1 rings (SSSR count). The number of rotatable bonds is 4. The van der Waals surface area contributed by atoms with Gasteiger partial charge in [0.25, 0.3) is 0 Å². The molecule has 1 aromatic rings. The topological polar surface area (TPSA) is 89.3 Å². The Balaban J connectivity index is 2.84. The molecule has 0 fully saturated rings. The molecule has 0 radical (unpaired) electrons. The van der Waals surface area contributed by atoms with Crippen LogP contribution in [0.25, 0.3) is 0 Å². The van der Waals surface area contributed by atoms with Crippen molar-refractivity contribution in [2.24, 2.45) is 0 Å². The van der Waals surface area contributed by atoms with Gasteiger partial charge in [-0.05, 0) is 6.92 Å². The molecule has 0 aliphatic heterocycles. The molecule has 0 bridgehead atoms. The van der Waals surface area contributed by atoms with Crippen molar-refractivity contribution in [3.8, 4) is 0 Å². The monoisotopic (exact) mass is 232 g/mol. The van der Waals surface area contributed by atoms with Crippen LogP contribution in [0.1, 0.15) is 16.1 Å². The Morgan fingerprint density at radius 1 is 1.60 bits per heavy atom. The minimum absolute atomic E-state index is 0.0470. The Morgan fingerprint density at radius 3 is 2.60 bits per heavy atom. The van der Waals surface area contributed by atoms with Gasteiger partial charge in [-0.15, -0.1) is 0 Å². The quantitative estimate of drug-likeness (QED) is 0.785. The van der Waals surface area contributed by atoms with Gasteiger partial charge in [0.2, 0.25) is 0 Å². The van der Waals surface area contributed by atoms with E-state index in [4.69, 9.17) is 5.11 Å². The number of aromatic carboxylic acids is 1. The first kappa shape index (κ1) is 11.7. The van der Waals surface area contributed by atoms with Crippen LogP contribution in [0.4, 0.5) is 0 Å². The predicted octanol–water partition coefficient (Wildman–Crippen LogP) is -0.0657. The Morgan fingerprint density at radius 2 is 2.20 bits per heavy atom. The maximum Gasteiger partial charge on any atom is 0.339 e. The number of sulfone groups is 1. The molecule has 0 amide bonds. The number of carbonyl (C=O) groups is 1. The molecule has 1 heterocycles. The highest BCUT2D eigenvalue weighted by Crippen LogP contribution is 2.06. The number of aryl methyl sites for hydroxylation is 1. The van der Waals surface area contributed by atoms with E-state index in [0.717, 1.165) is 6.26 Å². The van der Waals surface area contributed by atoms with E-state index < -0.39 is 15.8 Å². The highest BCUT2D eigenvalue weighted by atomic mass is 32.2. The number of hydrogen-bond acceptors (Lipinski definition) is 4. The molecule has 84 valence electrons. The number of aromatic nitrogens is 2. The van der Waals surface area contributed by atoms with Crippen LogP contribution < -0.4 is 0 Å². The second-order valence-corrected chi connectivity index (χ2v) is 5.56. The lowest BCUT2D eigenvalue weighted by molar-refractivity contribution is 0.0696.